The molecule has 1 aromatic rings. The highest BCUT2D eigenvalue weighted by molar-refractivity contribution is 9.09. The van der Waals surface area contributed by atoms with E-state index in [0.717, 1.165) is 12.8 Å². The molecule has 0 heterocycles. The molecule has 0 atom stereocenters. The number of carbonyl (C=O) groups excluding carboxylic acids is 1. The van der Waals surface area contributed by atoms with Crippen molar-refractivity contribution in [2.24, 2.45) is 0 Å². The Kier molecular flexibility index (Phi) is 6.27. The normalized spacial score (nSPS) is 11.4. The zero-order valence-corrected chi connectivity index (χ0v) is 13.4. The van der Waals surface area contributed by atoms with Crippen LogP contribution in [0.25, 0.3) is 0 Å². The SMILES string of the molecule is CCC(CC)(CBr)NC(=O)Cc1c(F)cccc1Cl. The molecule has 0 aliphatic rings. The third kappa shape index (κ3) is 4.18. The summed E-state index contributed by atoms with van der Waals surface area (Å²) in [5.74, 6) is -0.657. The highest BCUT2D eigenvalue weighted by Gasteiger charge is 2.27. The number of benzene rings is 1. The second-order valence-corrected chi connectivity index (χ2v) is 5.51. The number of hydrogen-bond acceptors (Lipinski definition) is 1. The fourth-order valence-electron chi connectivity index (χ4n) is 1.85. The van der Waals surface area contributed by atoms with Crippen molar-refractivity contribution >= 4 is 33.4 Å². The highest BCUT2D eigenvalue weighted by atomic mass is 79.9. The lowest BCUT2D eigenvalue weighted by Crippen LogP contribution is -2.49. The highest BCUT2D eigenvalue weighted by Crippen LogP contribution is 2.21. The third-order valence-electron chi connectivity index (χ3n) is 3.41. The van der Waals surface area contributed by atoms with Crippen LogP contribution in [0.5, 0.6) is 0 Å². The quantitative estimate of drug-likeness (QED) is 0.769. The lowest BCUT2D eigenvalue weighted by atomic mass is 9.95. The molecule has 106 valence electrons. The van der Waals surface area contributed by atoms with Crippen LogP contribution < -0.4 is 5.32 Å². The van der Waals surface area contributed by atoms with Gasteiger partial charge in [0.2, 0.25) is 5.91 Å². The second-order valence-electron chi connectivity index (χ2n) is 4.55. The Morgan fingerprint density at radius 2 is 2.05 bits per heavy atom. The van der Waals surface area contributed by atoms with E-state index in [4.69, 9.17) is 11.6 Å². The van der Waals surface area contributed by atoms with E-state index >= 15 is 0 Å². The molecular formula is C14H18BrClFNO. The van der Waals surface area contributed by atoms with Crippen LogP contribution in [-0.4, -0.2) is 16.8 Å². The number of amides is 1. The number of nitrogens with one attached hydrogen (secondary N) is 1. The zero-order chi connectivity index (χ0) is 14.5. The van der Waals surface area contributed by atoms with Crippen LogP contribution >= 0.6 is 27.5 Å². The molecule has 0 fully saturated rings. The van der Waals surface area contributed by atoms with Gasteiger partial charge in [0.25, 0.3) is 0 Å². The smallest absolute Gasteiger partial charge is 0.225 e. The van der Waals surface area contributed by atoms with Crippen molar-refractivity contribution in [1.82, 2.24) is 5.32 Å². The molecule has 0 radical (unpaired) electrons. The van der Waals surface area contributed by atoms with Crippen LogP contribution in [-0.2, 0) is 11.2 Å². The molecule has 2 nitrogen and oxygen atoms in total. The van der Waals surface area contributed by atoms with Crippen molar-refractivity contribution in [2.75, 3.05) is 5.33 Å². The number of alkyl halides is 1. The van der Waals surface area contributed by atoms with Crippen molar-refractivity contribution in [3.8, 4) is 0 Å². The fourth-order valence-corrected chi connectivity index (χ4v) is 3.01. The largest absolute Gasteiger partial charge is 0.350 e. The van der Waals surface area contributed by atoms with Gasteiger partial charge in [0.15, 0.2) is 0 Å². The number of carbonyl (C=O) groups is 1. The predicted molar refractivity (Wildman–Crippen MR) is 80.4 cm³/mol. The van der Waals surface area contributed by atoms with Gasteiger partial charge in [0.1, 0.15) is 5.82 Å². The number of hydrogen-bond donors (Lipinski definition) is 1. The van der Waals surface area contributed by atoms with Crippen molar-refractivity contribution in [1.29, 1.82) is 0 Å². The molecule has 0 spiro atoms. The minimum atomic E-state index is -0.444. The Morgan fingerprint density at radius 3 is 2.53 bits per heavy atom. The predicted octanol–water partition coefficient (Wildman–Crippen LogP) is 4.09. The molecular weight excluding hydrogens is 333 g/mol. The van der Waals surface area contributed by atoms with Gasteiger partial charge < -0.3 is 5.32 Å². The number of rotatable bonds is 6. The summed E-state index contributed by atoms with van der Waals surface area (Å²) < 4.78 is 13.6. The fraction of sp³-hybridized carbons (Fsp3) is 0.500. The van der Waals surface area contributed by atoms with Crippen molar-refractivity contribution < 1.29 is 9.18 Å². The van der Waals surface area contributed by atoms with Gasteiger partial charge in [-0.15, -0.1) is 0 Å². The summed E-state index contributed by atoms with van der Waals surface area (Å²) >= 11 is 9.34. The summed E-state index contributed by atoms with van der Waals surface area (Å²) in [6.07, 6.45) is 1.58. The first-order chi connectivity index (χ1) is 8.98. The topological polar surface area (TPSA) is 29.1 Å². The molecule has 1 amide bonds. The first-order valence-corrected chi connectivity index (χ1v) is 7.77. The van der Waals surface area contributed by atoms with E-state index in [-0.39, 0.29) is 28.5 Å². The third-order valence-corrected chi connectivity index (χ3v) is 4.84. The van der Waals surface area contributed by atoms with Crippen molar-refractivity contribution in [3.05, 3.63) is 34.6 Å². The molecule has 0 bridgehead atoms. The average molecular weight is 351 g/mol. The van der Waals surface area contributed by atoms with Crippen molar-refractivity contribution in [3.63, 3.8) is 0 Å². The molecule has 19 heavy (non-hydrogen) atoms. The van der Waals surface area contributed by atoms with E-state index in [9.17, 15) is 9.18 Å². The van der Waals surface area contributed by atoms with Crippen LogP contribution in [0, 0.1) is 5.82 Å². The van der Waals surface area contributed by atoms with Crippen LogP contribution in [0.1, 0.15) is 32.3 Å². The maximum atomic E-state index is 13.6. The second kappa shape index (κ2) is 7.25. The van der Waals surface area contributed by atoms with E-state index in [0.29, 0.717) is 5.33 Å². The van der Waals surface area contributed by atoms with Gasteiger partial charge in [-0.1, -0.05) is 47.4 Å². The molecule has 1 rings (SSSR count). The van der Waals surface area contributed by atoms with E-state index < -0.39 is 5.82 Å². The lowest BCUT2D eigenvalue weighted by molar-refractivity contribution is -0.122. The molecule has 1 N–H and O–H groups in total. The summed E-state index contributed by atoms with van der Waals surface area (Å²) in [5.41, 5.74) is -0.0354. The van der Waals surface area contributed by atoms with Gasteiger partial charge in [-0.05, 0) is 25.0 Å². The van der Waals surface area contributed by atoms with Gasteiger partial charge in [-0.2, -0.15) is 0 Å². The van der Waals surface area contributed by atoms with Crippen LogP contribution in [0.15, 0.2) is 18.2 Å². The van der Waals surface area contributed by atoms with Crippen LogP contribution in [0.3, 0.4) is 0 Å². The molecule has 0 aromatic heterocycles. The first kappa shape index (κ1) is 16.4. The van der Waals surface area contributed by atoms with Gasteiger partial charge in [0, 0.05) is 21.5 Å². The first-order valence-electron chi connectivity index (χ1n) is 6.28. The Labute approximate surface area is 126 Å². The monoisotopic (exact) mass is 349 g/mol. The maximum Gasteiger partial charge on any atom is 0.225 e. The van der Waals surface area contributed by atoms with E-state index in [1.807, 2.05) is 13.8 Å². The molecule has 0 saturated carbocycles. The van der Waals surface area contributed by atoms with Crippen LogP contribution in [0.4, 0.5) is 4.39 Å². The Bertz CT molecular complexity index is 421. The average Bonchev–Trinajstić information content (AvgIpc) is 2.41. The summed E-state index contributed by atoms with van der Waals surface area (Å²) in [4.78, 5) is 12.1. The molecule has 0 unspecified atom stereocenters. The lowest BCUT2D eigenvalue weighted by Gasteiger charge is -2.31. The number of halogens is 3. The summed E-state index contributed by atoms with van der Waals surface area (Å²) in [5, 5.41) is 3.93. The van der Waals surface area contributed by atoms with Crippen LogP contribution in [0.2, 0.25) is 5.02 Å². The minimum absolute atomic E-state index is 0.0414. The standard InChI is InChI=1S/C14H18BrClFNO/c1-3-14(4-2,9-15)18-13(19)8-10-11(16)6-5-7-12(10)17/h5-7H,3-4,8-9H2,1-2H3,(H,18,19). The minimum Gasteiger partial charge on any atom is -0.350 e. The Morgan fingerprint density at radius 1 is 1.42 bits per heavy atom. The van der Waals surface area contributed by atoms with Crippen molar-refractivity contribution in [2.45, 2.75) is 38.6 Å². The van der Waals surface area contributed by atoms with Gasteiger partial charge >= 0.3 is 0 Å². The molecule has 0 aliphatic heterocycles. The molecule has 0 aliphatic carbocycles. The molecule has 0 saturated heterocycles. The Balaban J connectivity index is 2.81. The van der Waals surface area contributed by atoms with Gasteiger partial charge in [-0.25, -0.2) is 4.39 Å². The van der Waals surface area contributed by atoms with Gasteiger partial charge in [-0.3, -0.25) is 4.79 Å². The van der Waals surface area contributed by atoms with E-state index in [1.54, 1.807) is 6.07 Å². The Hall–Kier alpha value is -0.610. The maximum absolute atomic E-state index is 13.6. The summed E-state index contributed by atoms with van der Waals surface area (Å²) in [6.45, 7) is 4.03. The zero-order valence-electron chi connectivity index (χ0n) is 11.1. The summed E-state index contributed by atoms with van der Waals surface area (Å²) in [6, 6.07) is 4.43. The van der Waals surface area contributed by atoms with E-state index in [2.05, 4.69) is 21.2 Å². The van der Waals surface area contributed by atoms with E-state index in [1.165, 1.54) is 12.1 Å². The van der Waals surface area contributed by atoms with Gasteiger partial charge in [0.05, 0.1) is 6.42 Å². The molecule has 1 aromatic carbocycles. The summed E-state index contributed by atoms with van der Waals surface area (Å²) in [7, 11) is 0. The molecule has 5 heteroatoms.